The topological polar surface area (TPSA) is 69.6 Å². The van der Waals surface area contributed by atoms with E-state index in [2.05, 4.69) is 11.2 Å². The molecule has 2 amide bonds. The number of nitrogens with zero attached hydrogens (tertiary/aromatic N) is 1. The van der Waals surface area contributed by atoms with Crippen molar-refractivity contribution in [2.45, 2.75) is 63.6 Å². The lowest BCUT2D eigenvalue weighted by Crippen LogP contribution is -2.52. The van der Waals surface area contributed by atoms with Gasteiger partial charge in [0.25, 0.3) is 0 Å². The number of piperidine rings is 1. The van der Waals surface area contributed by atoms with Crippen molar-refractivity contribution < 1.29 is 14.7 Å². The molecular formula is C15H22N2O3. The lowest BCUT2D eigenvalue weighted by atomic mass is 9.88. The number of aliphatic carboxylic acids is 1. The number of urea groups is 1. The largest absolute Gasteiger partial charge is 0.481 e. The number of hydrogen-bond acceptors (Lipinski definition) is 2. The fraction of sp³-hybridized carbons (Fsp3) is 0.733. The molecule has 5 heteroatoms. The standard InChI is InChI=1S/C15H22N2O3/c1-3-4-10(2)16-15(20)17-12-5-6-13(17)8-11(7-12)9-14(18)19/h1,10-13H,4-9H2,2H3,(H,16,20)(H,18,19). The maximum atomic E-state index is 12.3. The van der Waals surface area contributed by atoms with Crippen LogP contribution >= 0.6 is 0 Å². The highest BCUT2D eigenvalue weighted by Gasteiger charge is 2.43. The van der Waals surface area contributed by atoms with Crippen molar-refractivity contribution in [3.63, 3.8) is 0 Å². The first-order valence-corrected chi connectivity index (χ1v) is 7.25. The summed E-state index contributed by atoms with van der Waals surface area (Å²) in [6.07, 6.45) is 9.57. The number of fused-ring (bicyclic) bond motifs is 2. The van der Waals surface area contributed by atoms with E-state index < -0.39 is 5.97 Å². The van der Waals surface area contributed by atoms with Crippen molar-refractivity contribution >= 4 is 12.0 Å². The number of carboxylic acid groups (broad SMARTS) is 1. The van der Waals surface area contributed by atoms with E-state index in [0.717, 1.165) is 25.7 Å². The van der Waals surface area contributed by atoms with Crippen LogP contribution in [0.4, 0.5) is 4.79 Å². The van der Waals surface area contributed by atoms with Crippen LogP contribution in [-0.2, 0) is 4.79 Å². The van der Waals surface area contributed by atoms with E-state index in [1.807, 2.05) is 11.8 Å². The zero-order chi connectivity index (χ0) is 14.7. The van der Waals surface area contributed by atoms with Gasteiger partial charge < -0.3 is 15.3 Å². The Balaban J connectivity index is 1.93. The van der Waals surface area contributed by atoms with Crippen LogP contribution in [0.25, 0.3) is 0 Å². The lowest BCUT2D eigenvalue weighted by Gasteiger charge is -2.39. The Bertz CT molecular complexity index is 415. The maximum absolute atomic E-state index is 12.3. The molecule has 20 heavy (non-hydrogen) atoms. The molecule has 0 aromatic heterocycles. The molecule has 2 rings (SSSR count). The first-order chi connectivity index (χ1) is 9.51. The summed E-state index contributed by atoms with van der Waals surface area (Å²) < 4.78 is 0. The van der Waals surface area contributed by atoms with Crippen molar-refractivity contribution in [2.24, 2.45) is 5.92 Å². The Labute approximate surface area is 119 Å². The molecule has 2 saturated heterocycles. The van der Waals surface area contributed by atoms with Crippen LogP contribution in [0.15, 0.2) is 0 Å². The van der Waals surface area contributed by atoms with Gasteiger partial charge in [0.05, 0.1) is 0 Å². The van der Waals surface area contributed by atoms with E-state index in [-0.39, 0.29) is 36.5 Å². The molecule has 0 radical (unpaired) electrons. The Morgan fingerprint density at radius 3 is 2.50 bits per heavy atom. The smallest absolute Gasteiger partial charge is 0.318 e. The van der Waals surface area contributed by atoms with E-state index >= 15 is 0 Å². The van der Waals surface area contributed by atoms with Crippen LogP contribution in [0.3, 0.4) is 0 Å². The molecule has 0 aliphatic carbocycles. The Morgan fingerprint density at radius 2 is 2.00 bits per heavy atom. The third-order valence-corrected chi connectivity index (χ3v) is 4.32. The summed E-state index contributed by atoms with van der Waals surface area (Å²) in [7, 11) is 0. The summed E-state index contributed by atoms with van der Waals surface area (Å²) in [5.74, 6) is 2.01. The number of rotatable bonds is 4. The number of terminal acetylenes is 1. The van der Waals surface area contributed by atoms with E-state index in [9.17, 15) is 9.59 Å². The third-order valence-electron chi connectivity index (χ3n) is 4.32. The number of hydrogen-bond donors (Lipinski definition) is 2. The molecule has 2 heterocycles. The Kier molecular flexibility index (Phi) is 4.53. The van der Waals surface area contributed by atoms with E-state index in [1.54, 1.807) is 0 Å². The first-order valence-electron chi connectivity index (χ1n) is 7.25. The summed E-state index contributed by atoms with van der Waals surface area (Å²) in [6, 6.07) is 0.310. The predicted molar refractivity (Wildman–Crippen MR) is 75.1 cm³/mol. The zero-order valence-electron chi connectivity index (χ0n) is 11.8. The highest BCUT2D eigenvalue weighted by atomic mass is 16.4. The fourth-order valence-electron chi connectivity index (χ4n) is 3.55. The van der Waals surface area contributed by atoms with Crippen LogP contribution < -0.4 is 5.32 Å². The molecule has 0 spiro atoms. The molecule has 2 bridgehead atoms. The van der Waals surface area contributed by atoms with Crippen LogP contribution in [0.1, 0.15) is 45.4 Å². The molecule has 3 atom stereocenters. The zero-order valence-corrected chi connectivity index (χ0v) is 11.8. The van der Waals surface area contributed by atoms with Gasteiger partial charge in [-0.05, 0) is 38.5 Å². The second-order valence-corrected chi connectivity index (χ2v) is 5.99. The molecule has 0 saturated carbocycles. The monoisotopic (exact) mass is 278 g/mol. The SMILES string of the molecule is C#CCC(C)NC(=O)N1C2CCC1CC(CC(=O)O)C2. The molecule has 0 aromatic rings. The van der Waals surface area contributed by atoms with Crippen molar-refractivity contribution in [2.75, 3.05) is 0 Å². The van der Waals surface area contributed by atoms with Gasteiger partial charge in [0, 0.05) is 31.0 Å². The minimum Gasteiger partial charge on any atom is -0.481 e. The average Bonchev–Trinajstić information content (AvgIpc) is 2.61. The summed E-state index contributed by atoms with van der Waals surface area (Å²) in [5.41, 5.74) is 0. The molecule has 2 fully saturated rings. The van der Waals surface area contributed by atoms with Gasteiger partial charge in [0.2, 0.25) is 0 Å². The summed E-state index contributed by atoms with van der Waals surface area (Å²) in [6.45, 7) is 1.90. The van der Waals surface area contributed by atoms with Gasteiger partial charge in [-0.2, -0.15) is 0 Å². The summed E-state index contributed by atoms with van der Waals surface area (Å²) in [5, 5.41) is 11.8. The molecule has 3 unspecified atom stereocenters. The van der Waals surface area contributed by atoms with Gasteiger partial charge in [0.15, 0.2) is 0 Å². The summed E-state index contributed by atoms with van der Waals surface area (Å²) >= 11 is 0. The fourth-order valence-corrected chi connectivity index (χ4v) is 3.55. The third kappa shape index (κ3) is 3.24. The second-order valence-electron chi connectivity index (χ2n) is 5.99. The van der Waals surface area contributed by atoms with Crippen molar-refractivity contribution in [1.82, 2.24) is 10.2 Å². The van der Waals surface area contributed by atoms with Gasteiger partial charge in [-0.25, -0.2) is 4.79 Å². The highest BCUT2D eigenvalue weighted by Crippen LogP contribution is 2.39. The molecule has 110 valence electrons. The number of carbonyl (C=O) groups is 2. The van der Waals surface area contributed by atoms with Gasteiger partial charge in [-0.1, -0.05) is 0 Å². The average molecular weight is 278 g/mol. The molecule has 2 aliphatic heterocycles. The molecule has 2 N–H and O–H groups in total. The van der Waals surface area contributed by atoms with Gasteiger partial charge in [-0.3, -0.25) is 4.79 Å². The number of amides is 2. The van der Waals surface area contributed by atoms with Crippen LogP contribution in [0.5, 0.6) is 0 Å². The summed E-state index contributed by atoms with van der Waals surface area (Å²) in [4.78, 5) is 25.0. The maximum Gasteiger partial charge on any atom is 0.318 e. The van der Waals surface area contributed by atoms with Gasteiger partial charge in [-0.15, -0.1) is 12.3 Å². The van der Waals surface area contributed by atoms with Crippen molar-refractivity contribution in [3.8, 4) is 12.3 Å². The van der Waals surface area contributed by atoms with Crippen molar-refractivity contribution in [3.05, 3.63) is 0 Å². The lowest BCUT2D eigenvalue weighted by molar-refractivity contribution is -0.138. The first kappa shape index (κ1) is 14.7. The Hall–Kier alpha value is -1.70. The van der Waals surface area contributed by atoms with E-state index in [1.165, 1.54) is 0 Å². The number of carbonyl (C=O) groups excluding carboxylic acids is 1. The van der Waals surface area contributed by atoms with Gasteiger partial charge >= 0.3 is 12.0 Å². The van der Waals surface area contributed by atoms with Gasteiger partial charge in [0.1, 0.15) is 0 Å². The van der Waals surface area contributed by atoms with Crippen LogP contribution in [-0.4, -0.2) is 40.1 Å². The van der Waals surface area contributed by atoms with Crippen molar-refractivity contribution in [1.29, 1.82) is 0 Å². The quantitative estimate of drug-likeness (QED) is 0.771. The van der Waals surface area contributed by atoms with E-state index in [0.29, 0.717) is 6.42 Å². The van der Waals surface area contributed by atoms with E-state index in [4.69, 9.17) is 11.5 Å². The minimum absolute atomic E-state index is 0.0244. The minimum atomic E-state index is -0.741. The second kappa shape index (κ2) is 6.17. The molecular weight excluding hydrogens is 256 g/mol. The van der Waals surface area contributed by atoms with Crippen LogP contribution in [0, 0.1) is 18.3 Å². The highest BCUT2D eigenvalue weighted by molar-refractivity contribution is 5.76. The number of nitrogens with one attached hydrogen (secondary N) is 1. The Morgan fingerprint density at radius 1 is 1.40 bits per heavy atom. The van der Waals surface area contributed by atoms with Crippen LogP contribution in [0.2, 0.25) is 0 Å². The number of carboxylic acids is 1. The molecule has 0 aromatic carbocycles. The molecule has 5 nitrogen and oxygen atoms in total. The predicted octanol–water partition coefficient (Wildman–Crippen LogP) is 1.83. The normalized spacial score (nSPS) is 29.6. The molecule has 2 aliphatic rings.